The lowest BCUT2D eigenvalue weighted by Gasteiger charge is -2.24. The lowest BCUT2D eigenvalue weighted by molar-refractivity contribution is 0.0963. The first kappa shape index (κ1) is 30.4. The zero-order valence-electron chi connectivity index (χ0n) is 24.3. The molecule has 11 heteroatoms. The van der Waals surface area contributed by atoms with Crippen molar-refractivity contribution in [3.8, 4) is 28.6 Å². The summed E-state index contributed by atoms with van der Waals surface area (Å²) >= 11 is 3.35. The standard InChI is InChI=1S/C33H31BrN4O6/c1-35-32(40)23-10-13-26-25(15-23)37-31(22-9-12-24(34)28(39)16-22)38(26)27(21-11-14-29(42-2)30(17-21)43-3)18-36-33(41)44-19-20-7-5-4-6-8-20/h4-17,27,39H,18-19H2,1-3H3,(H,35,40)(H,36,41)/t27-/m0/s1. The SMILES string of the molecule is CNC(=O)c1ccc2c(c1)nc(-c1ccc(Br)c(O)c1)n2[C@@H](CNC(=O)OCc1ccccc1)c1ccc(OC)c(OC)c1. The zero-order chi connectivity index (χ0) is 31.2. The molecule has 2 amide bonds. The van der Waals surface area contributed by atoms with Gasteiger partial charge in [-0.05, 0) is 75.6 Å². The number of aromatic hydroxyl groups is 1. The number of aromatic nitrogens is 2. The molecule has 44 heavy (non-hydrogen) atoms. The topological polar surface area (TPSA) is 124 Å². The number of halogens is 1. The number of nitrogens with one attached hydrogen (secondary N) is 2. The van der Waals surface area contributed by atoms with Crippen molar-refractivity contribution in [2.24, 2.45) is 0 Å². The minimum absolute atomic E-state index is 0.0393. The molecule has 0 bridgehead atoms. The van der Waals surface area contributed by atoms with Crippen LogP contribution in [0.1, 0.15) is 27.5 Å². The summed E-state index contributed by atoms with van der Waals surface area (Å²) in [7, 11) is 4.68. The Morgan fingerprint density at radius 3 is 2.43 bits per heavy atom. The maximum atomic E-state index is 12.9. The number of benzene rings is 4. The number of phenolic OH excluding ortho intramolecular Hbond substituents is 1. The van der Waals surface area contributed by atoms with Crippen LogP contribution in [-0.2, 0) is 11.3 Å². The van der Waals surface area contributed by atoms with Gasteiger partial charge in [-0.3, -0.25) is 4.79 Å². The van der Waals surface area contributed by atoms with Gasteiger partial charge >= 0.3 is 6.09 Å². The number of hydrogen-bond donors (Lipinski definition) is 3. The maximum absolute atomic E-state index is 12.9. The van der Waals surface area contributed by atoms with Crippen molar-refractivity contribution in [3.05, 3.63) is 106 Å². The number of nitrogens with zero attached hydrogens (tertiary/aromatic N) is 2. The first-order valence-corrected chi connectivity index (χ1v) is 14.5. The number of alkyl carbamates (subject to hydrolysis) is 1. The summed E-state index contributed by atoms with van der Waals surface area (Å²) in [5, 5.41) is 16.1. The molecule has 1 aromatic heterocycles. The van der Waals surface area contributed by atoms with E-state index >= 15 is 0 Å². The van der Waals surface area contributed by atoms with Crippen molar-refractivity contribution in [2.75, 3.05) is 27.8 Å². The summed E-state index contributed by atoms with van der Waals surface area (Å²) in [6.07, 6.45) is -0.589. The Hall–Kier alpha value is -5.03. The fourth-order valence-electron chi connectivity index (χ4n) is 4.93. The highest BCUT2D eigenvalue weighted by atomic mass is 79.9. The molecule has 1 atom stereocenters. The van der Waals surface area contributed by atoms with Gasteiger partial charge in [0.05, 0.1) is 35.8 Å². The highest BCUT2D eigenvalue weighted by Crippen LogP contribution is 2.37. The van der Waals surface area contributed by atoms with Crippen molar-refractivity contribution in [1.29, 1.82) is 0 Å². The van der Waals surface area contributed by atoms with E-state index in [0.717, 1.165) is 11.1 Å². The van der Waals surface area contributed by atoms with Crippen LogP contribution in [0.3, 0.4) is 0 Å². The third-order valence-electron chi connectivity index (χ3n) is 7.14. The number of rotatable bonds is 10. The van der Waals surface area contributed by atoms with Crippen LogP contribution in [0, 0.1) is 0 Å². The van der Waals surface area contributed by atoms with Gasteiger partial charge in [0.15, 0.2) is 11.5 Å². The molecule has 4 aromatic carbocycles. The van der Waals surface area contributed by atoms with E-state index in [4.69, 9.17) is 19.2 Å². The highest BCUT2D eigenvalue weighted by Gasteiger charge is 2.25. The van der Waals surface area contributed by atoms with Crippen molar-refractivity contribution in [3.63, 3.8) is 0 Å². The summed E-state index contributed by atoms with van der Waals surface area (Å²) in [5.74, 6) is 1.36. The van der Waals surface area contributed by atoms with E-state index < -0.39 is 12.1 Å². The van der Waals surface area contributed by atoms with Crippen LogP contribution in [0.25, 0.3) is 22.4 Å². The van der Waals surface area contributed by atoms with E-state index in [1.807, 2.05) is 59.2 Å². The van der Waals surface area contributed by atoms with Crippen molar-refractivity contribution >= 4 is 39.0 Å². The normalized spacial score (nSPS) is 11.5. The van der Waals surface area contributed by atoms with Crippen LogP contribution < -0.4 is 20.1 Å². The number of ether oxygens (including phenoxy) is 3. The van der Waals surface area contributed by atoms with E-state index in [0.29, 0.717) is 44.0 Å². The smallest absolute Gasteiger partial charge is 0.407 e. The number of hydrogen-bond acceptors (Lipinski definition) is 7. The fourth-order valence-corrected chi connectivity index (χ4v) is 5.17. The molecular formula is C33H31BrN4O6. The number of methoxy groups -OCH3 is 2. The average Bonchev–Trinajstić information content (AvgIpc) is 3.43. The largest absolute Gasteiger partial charge is 0.507 e. The molecule has 0 saturated heterocycles. The van der Waals surface area contributed by atoms with Crippen LogP contribution in [0.15, 0.2) is 89.4 Å². The minimum Gasteiger partial charge on any atom is -0.507 e. The van der Waals surface area contributed by atoms with Crippen LogP contribution in [0.5, 0.6) is 17.2 Å². The number of carbonyl (C=O) groups is 2. The van der Waals surface area contributed by atoms with Crippen LogP contribution in [-0.4, -0.2) is 54.5 Å². The molecule has 3 N–H and O–H groups in total. The molecule has 10 nitrogen and oxygen atoms in total. The Kier molecular flexibility index (Phi) is 9.35. The van der Waals surface area contributed by atoms with E-state index in [2.05, 4.69) is 26.6 Å². The van der Waals surface area contributed by atoms with Crippen LogP contribution in [0.2, 0.25) is 0 Å². The van der Waals surface area contributed by atoms with Gasteiger partial charge in [0, 0.05) is 24.7 Å². The molecule has 0 fully saturated rings. The Balaban J connectivity index is 1.63. The average molecular weight is 660 g/mol. The van der Waals surface area contributed by atoms with Crippen LogP contribution >= 0.6 is 15.9 Å². The summed E-state index contributed by atoms with van der Waals surface area (Å²) in [6, 6.07) is 24.8. The summed E-state index contributed by atoms with van der Waals surface area (Å²) in [6.45, 7) is 0.231. The molecular weight excluding hydrogens is 628 g/mol. The van der Waals surface area contributed by atoms with Crippen molar-refractivity contribution in [1.82, 2.24) is 20.2 Å². The Labute approximate surface area is 262 Å². The molecule has 0 spiro atoms. The predicted molar refractivity (Wildman–Crippen MR) is 170 cm³/mol. The number of imidazole rings is 1. The van der Waals surface area contributed by atoms with Gasteiger partial charge < -0.3 is 34.5 Å². The first-order valence-electron chi connectivity index (χ1n) is 13.7. The Morgan fingerprint density at radius 2 is 1.73 bits per heavy atom. The van der Waals surface area contributed by atoms with E-state index in [1.165, 1.54) is 0 Å². The lowest BCUT2D eigenvalue weighted by atomic mass is 10.0. The number of amides is 2. The molecule has 226 valence electrons. The summed E-state index contributed by atoms with van der Waals surface area (Å²) in [4.78, 5) is 30.3. The molecule has 0 aliphatic carbocycles. The molecule has 0 unspecified atom stereocenters. The molecule has 0 aliphatic heterocycles. The second-order valence-electron chi connectivity index (χ2n) is 9.83. The van der Waals surface area contributed by atoms with Gasteiger partial charge in [-0.2, -0.15) is 0 Å². The zero-order valence-corrected chi connectivity index (χ0v) is 25.9. The van der Waals surface area contributed by atoms with Gasteiger partial charge in [0.2, 0.25) is 0 Å². The van der Waals surface area contributed by atoms with E-state index in [1.54, 1.807) is 51.6 Å². The van der Waals surface area contributed by atoms with Gasteiger partial charge in [-0.1, -0.05) is 36.4 Å². The number of carbonyl (C=O) groups excluding carboxylic acids is 2. The van der Waals surface area contributed by atoms with Gasteiger partial charge in [0.25, 0.3) is 5.91 Å². The molecule has 0 radical (unpaired) electrons. The second kappa shape index (κ2) is 13.5. The quantitative estimate of drug-likeness (QED) is 0.167. The van der Waals surface area contributed by atoms with Gasteiger partial charge in [-0.15, -0.1) is 0 Å². The minimum atomic E-state index is -0.589. The Morgan fingerprint density at radius 1 is 0.955 bits per heavy atom. The summed E-state index contributed by atoms with van der Waals surface area (Å²) in [5.41, 5.74) is 3.97. The number of fused-ring (bicyclic) bond motifs is 1. The van der Waals surface area contributed by atoms with Crippen LogP contribution in [0.4, 0.5) is 4.79 Å². The summed E-state index contributed by atoms with van der Waals surface area (Å²) < 4.78 is 19.1. The first-order chi connectivity index (χ1) is 21.3. The van der Waals surface area contributed by atoms with Gasteiger partial charge in [-0.25, -0.2) is 9.78 Å². The van der Waals surface area contributed by atoms with Crippen molar-refractivity contribution < 1.29 is 28.9 Å². The molecule has 0 aliphatic rings. The lowest BCUT2D eigenvalue weighted by Crippen LogP contribution is -2.32. The van der Waals surface area contributed by atoms with E-state index in [-0.39, 0.29) is 24.8 Å². The van der Waals surface area contributed by atoms with Gasteiger partial charge in [0.1, 0.15) is 18.2 Å². The maximum Gasteiger partial charge on any atom is 0.407 e. The fraction of sp³-hybridized carbons (Fsp3) is 0.182. The number of phenols is 1. The Bertz CT molecular complexity index is 1810. The second-order valence-corrected chi connectivity index (χ2v) is 10.7. The molecule has 5 aromatic rings. The molecule has 1 heterocycles. The predicted octanol–water partition coefficient (Wildman–Crippen LogP) is 6.06. The third-order valence-corrected chi connectivity index (χ3v) is 7.81. The van der Waals surface area contributed by atoms with Crippen molar-refractivity contribution in [2.45, 2.75) is 12.6 Å². The highest BCUT2D eigenvalue weighted by molar-refractivity contribution is 9.10. The monoisotopic (exact) mass is 658 g/mol. The molecule has 5 rings (SSSR count). The van der Waals surface area contributed by atoms with E-state index in [9.17, 15) is 14.7 Å². The third kappa shape index (κ3) is 6.47. The molecule has 0 saturated carbocycles.